The predicted octanol–water partition coefficient (Wildman–Crippen LogP) is 2.92. The van der Waals surface area contributed by atoms with Crippen LogP contribution in [0.5, 0.6) is 11.5 Å². The summed E-state index contributed by atoms with van der Waals surface area (Å²) in [5.74, 6) is 0.0514. The van der Waals surface area contributed by atoms with Gasteiger partial charge in [-0.25, -0.2) is 0 Å². The molecular weight excluding hydrogens is 346 g/mol. The Morgan fingerprint density at radius 2 is 1.89 bits per heavy atom. The molecule has 27 heavy (non-hydrogen) atoms. The molecule has 2 aromatic carbocycles. The summed E-state index contributed by atoms with van der Waals surface area (Å²) in [6, 6.07) is 11.9. The zero-order chi connectivity index (χ0) is 19.6. The molecular formula is C21H23NO5. The van der Waals surface area contributed by atoms with Crippen LogP contribution in [-0.4, -0.2) is 37.6 Å². The van der Waals surface area contributed by atoms with Gasteiger partial charge in [0.1, 0.15) is 11.5 Å². The zero-order valence-corrected chi connectivity index (χ0v) is 15.7. The lowest BCUT2D eigenvalue weighted by Gasteiger charge is -2.23. The van der Waals surface area contributed by atoms with Gasteiger partial charge >= 0.3 is 0 Å². The number of nitrogens with zero attached hydrogens (tertiary/aromatic N) is 1. The Balaban J connectivity index is 1.97. The molecule has 1 aliphatic rings. The summed E-state index contributed by atoms with van der Waals surface area (Å²) < 4.78 is 10.4. The number of carbonyl (C=O) groups excluding carboxylic acids is 2. The van der Waals surface area contributed by atoms with Gasteiger partial charge in [-0.15, -0.1) is 0 Å². The molecule has 0 unspecified atom stereocenters. The van der Waals surface area contributed by atoms with Crippen LogP contribution >= 0.6 is 0 Å². The molecule has 3 rings (SSSR count). The number of fused-ring (bicyclic) bond motifs is 1. The van der Waals surface area contributed by atoms with Gasteiger partial charge in [-0.3, -0.25) is 9.59 Å². The topological polar surface area (TPSA) is 76.1 Å². The van der Waals surface area contributed by atoms with Crippen LogP contribution in [0.4, 0.5) is 5.69 Å². The first-order valence-corrected chi connectivity index (χ1v) is 8.85. The lowest BCUT2D eigenvalue weighted by atomic mass is 9.88. The molecule has 0 bridgehead atoms. The summed E-state index contributed by atoms with van der Waals surface area (Å²) in [5.41, 5.74) is -0.468. The van der Waals surface area contributed by atoms with Crippen LogP contribution in [0.1, 0.15) is 35.7 Å². The minimum atomic E-state index is -1.88. The number of amides is 1. The van der Waals surface area contributed by atoms with E-state index in [-0.39, 0.29) is 12.2 Å². The summed E-state index contributed by atoms with van der Waals surface area (Å²) in [7, 11) is 2.98. The van der Waals surface area contributed by atoms with E-state index in [1.807, 2.05) is 13.0 Å². The molecule has 1 N–H and O–H groups in total. The maximum Gasteiger partial charge on any atom is 0.264 e. The second kappa shape index (κ2) is 7.40. The summed E-state index contributed by atoms with van der Waals surface area (Å²) in [4.78, 5) is 27.5. The average Bonchev–Trinajstić information content (AvgIpc) is 2.89. The van der Waals surface area contributed by atoms with Gasteiger partial charge < -0.3 is 19.5 Å². The molecule has 2 aromatic rings. The monoisotopic (exact) mass is 369 g/mol. The van der Waals surface area contributed by atoms with Gasteiger partial charge in [-0.2, -0.15) is 0 Å². The van der Waals surface area contributed by atoms with Crippen molar-refractivity contribution in [3.8, 4) is 11.5 Å². The first-order chi connectivity index (χ1) is 13.0. The Morgan fingerprint density at radius 3 is 2.56 bits per heavy atom. The van der Waals surface area contributed by atoms with Crippen LogP contribution < -0.4 is 14.4 Å². The number of ketones is 1. The first kappa shape index (κ1) is 18.9. The third kappa shape index (κ3) is 3.17. The van der Waals surface area contributed by atoms with E-state index in [1.54, 1.807) is 41.3 Å². The highest BCUT2D eigenvalue weighted by atomic mass is 16.5. The number of aliphatic hydroxyl groups is 1. The largest absolute Gasteiger partial charge is 0.497 e. The fraction of sp³-hybridized carbons (Fsp3) is 0.333. The van der Waals surface area contributed by atoms with Crippen LogP contribution in [0.15, 0.2) is 42.5 Å². The smallest absolute Gasteiger partial charge is 0.264 e. The number of ether oxygens (including phenoxy) is 2. The molecule has 142 valence electrons. The van der Waals surface area contributed by atoms with Crippen LogP contribution in [-0.2, 0) is 10.4 Å². The lowest BCUT2D eigenvalue weighted by Crippen LogP contribution is -2.42. The molecule has 1 atom stereocenters. The normalized spacial score (nSPS) is 18.4. The molecule has 0 aromatic heterocycles. The zero-order valence-electron chi connectivity index (χ0n) is 15.7. The Bertz CT molecular complexity index is 879. The van der Waals surface area contributed by atoms with Gasteiger partial charge in [-0.05, 0) is 24.6 Å². The number of methoxy groups -OCH3 is 2. The van der Waals surface area contributed by atoms with Crippen molar-refractivity contribution >= 4 is 17.4 Å². The van der Waals surface area contributed by atoms with Crippen molar-refractivity contribution in [2.75, 3.05) is 25.7 Å². The van der Waals surface area contributed by atoms with Crippen LogP contribution in [0, 0.1) is 0 Å². The maximum atomic E-state index is 13.0. The Labute approximate surface area is 158 Å². The van der Waals surface area contributed by atoms with Crippen molar-refractivity contribution in [1.29, 1.82) is 0 Å². The third-order valence-electron chi connectivity index (χ3n) is 4.81. The standard InChI is InChI=1S/C21H23NO5/c1-4-11-22-17-8-6-5-7-16(17)21(25,20(22)24)13-18(23)15-10-9-14(26-2)12-19(15)27-3/h5-10,12,25H,4,11,13H2,1-3H3/t21-/m0/s1. The van der Waals surface area contributed by atoms with Gasteiger partial charge in [-0.1, -0.05) is 25.1 Å². The van der Waals surface area contributed by atoms with E-state index in [0.29, 0.717) is 34.9 Å². The fourth-order valence-electron chi connectivity index (χ4n) is 3.48. The van der Waals surface area contributed by atoms with Crippen molar-refractivity contribution < 1.29 is 24.2 Å². The number of benzene rings is 2. The predicted molar refractivity (Wildman–Crippen MR) is 101 cm³/mol. The molecule has 0 fully saturated rings. The fourth-order valence-corrected chi connectivity index (χ4v) is 3.48. The van der Waals surface area contributed by atoms with E-state index in [1.165, 1.54) is 14.2 Å². The third-order valence-corrected chi connectivity index (χ3v) is 4.81. The molecule has 0 saturated heterocycles. The van der Waals surface area contributed by atoms with Gasteiger partial charge in [0.05, 0.1) is 31.9 Å². The summed E-state index contributed by atoms with van der Waals surface area (Å²) in [6.45, 7) is 2.44. The molecule has 1 heterocycles. The average molecular weight is 369 g/mol. The highest BCUT2D eigenvalue weighted by molar-refractivity contribution is 6.11. The summed E-state index contributed by atoms with van der Waals surface area (Å²) >= 11 is 0. The van der Waals surface area contributed by atoms with E-state index in [2.05, 4.69) is 0 Å². The molecule has 0 spiro atoms. The molecule has 0 saturated carbocycles. The Kier molecular flexibility index (Phi) is 5.19. The number of rotatable bonds is 7. The van der Waals surface area contributed by atoms with E-state index in [4.69, 9.17) is 9.47 Å². The first-order valence-electron chi connectivity index (χ1n) is 8.85. The van der Waals surface area contributed by atoms with Crippen molar-refractivity contribution in [3.63, 3.8) is 0 Å². The molecule has 0 aliphatic carbocycles. The van der Waals surface area contributed by atoms with E-state index >= 15 is 0 Å². The van der Waals surface area contributed by atoms with Crippen molar-refractivity contribution in [1.82, 2.24) is 0 Å². The van der Waals surface area contributed by atoms with Crippen LogP contribution in [0.25, 0.3) is 0 Å². The number of anilines is 1. The summed E-state index contributed by atoms with van der Waals surface area (Å²) in [6.07, 6.45) is 0.391. The van der Waals surface area contributed by atoms with Crippen molar-refractivity contribution in [3.05, 3.63) is 53.6 Å². The number of carbonyl (C=O) groups is 2. The maximum absolute atomic E-state index is 13.0. The Morgan fingerprint density at radius 1 is 1.15 bits per heavy atom. The minimum absolute atomic E-state index is 0.297. The number of para-hydroxylation sites is 1. The van der Waals surface area contributed by atoms with Crippen LogP contribution in [0.2, 0.25) is 0 Å². The van der Waals surface area contributed by atoms with Crippen molar-refractivity contribution in [2.24, 2.45) is 0 Å². The van der Waals surface area contributed by atoms with Gasteiger partial charge in [0.25, 0.3) is 5.91 Å². The second-order valence-electron chi connectivity index (χ2n) is 6.50. The Hall–Kier alpha value is -2.86. The number of Topliss-reactive ketones (excluding diaryl/α,β-unsaturated/α-hetero) is 1. The SMILES string of the molecule is CCCN1C(=O)[C@](O)(CC(=O)c2ccc(OC)cc2OC)c2ccccc21. The van der Waals surface area contributed by atoms with E-state index < -0.39 is 11.5 Å². The summed E-state index contributed by atoms with van der Waals surface area (Å²) in [5, 5.41) is 11.2. The lowest BCUT2D eigenvalue weighted by molar-refractivity contribution is -0.135. The van der Waals surface area contributed by atoms with E-state index in [9.17, 15) is 14.7 Å². The number of hydrogen-bond acceptors (Lipinski definition) is 5. The van der Waals surface area contributed by atoms with Gasteiger partial charge in [0.2, 0.25) is 0 Å². The quantitative estimate of drug-likeness (QED) is 0.760. The molecule has 1 amide bonds. The second-order valence-corrected chi connectivity index (χ2v) is 6.50. The highest BCUT2D eigenvalue weighted by Crippen LogP contribution is 2.43. The molecule has 6 heteroatoms. The van der Waals surface area contributed by atoms with Crippen molar-refractivity contribution in [2.45, 2.75) is 25.4 Å². The van der Waals surface area contributed by atoms with Gasteiger partial charge in [0.15, 0.2) is 11.4 Å². The van der Waals surface area contributed by atoms with E-state index in [0.717, 1.165) is 6.42 Å². The van der Waals surface area contributed by atoms with Gasteiger partial charge in [0, 0.05) is 18.2 Å². The molecule has 0 radical (unpaired) electrons. The number of hydrogen-bond donors (Lipinski definition) is 1. The van der Waals surface area contributed by atoms with Crippen LogP contribution in [0.3, 0.4) is 0 Å². The molecule has 1 aliphatic heterocycles. The minimum Gasteiger partial charge on any atom is -0.497 e. The highest BCUT2D eigenvalue weighted by Gasteiger charge is 2.50. The molecule has 6 nitrogen and oxygen atoms in total.